The van der Waals surface area contributed by atoms with Gasteiger partial charge in [-0.2, -0.15) is 0 Å². The topological polar surface area (TPSA) is 118 Å². The van der Waals surface area contributed by atoms with E-state index in [0.717, 1.165) is 12.1 Å². The molecule has 0 atom stereocenters. The van der Waals surface area contributed by atoms with Gasteiger partial charge < -0.3 is 19.3 Å². The third kappa shape index (κ3) is 6.33. The van der Waals surface area contributed by atoms with Gasteiger partial charge in [0.1, 0.15) is 29.8 Å². The quantitative estimate of drug-likeness (QED) is 0.289. The second kappa shape index (κ2) is 11.8. The zero-order chi connectivity index (χ0) is 28.3. The fourth-order valence-electron chi connectivity index (χ4n) is 4.35. The van der Waals surface area contributed by atoms with Crippen LogP contribution in [0.5, 0.6) is 5.75 Å². The molecule has 0 saturated heterocycles. The Labute approximate surface area is 223 Å². The Balaban J connectivity index is 1.64. The number of aromatic hydroxyl groups is 1. The van der Waals surface area contributed by atoms with Crippen molar-refractivity contribution in [2.45, 2.75) is 52.7 Å². The number of halogens is 2. The molecule has 0 aliphatic carbocycles. The molecular formula is C27H30F2N4O6. The van der Waals surface area contributed by atoms with Crippen LogP contribution in [0, 0.1) is 18.6 Å². The molecule has 0 unspecified atom stereocenters. The molecule has 10 nitrogen and oxygen atoms in total. The second-order valence-electron chi connectivity index (χ2n) is 9.65. The first kappa shape index (κ1) is 28.0. The Bertz CT molecular complexity index is 1430. The minimum Gasteiger partial charge on any atom is -0.502 e. The average molecular weight is 545 g/mol. The molecule has 3 heterocycles. The second-order valence-corrected chi connectivity index (χ2v) is 9.65. The van der Waals surface area contributed by atoms with Crippen molar-refractivity contribution in [2.24, 2.45) is 0 Å². The number of carbonyl (C=O) groups excluding carboxylic acids is 2. The number of carbonyl (C=O) groups is 2. The Kier molecular flexibility index (Phi) is 8.44. The molecule has 1 aliphatic heterocycles. The smallest absolute Gasteiger partial charge is 0.277 e. The van der Waals surface area contributed by atoms with E-state index in [-0.39, 0.29) is 49.0 Å². The van der Waals surface area contributed by atoms with Crippen LogP contribution in [-0.4, -0.2) is 57.5 Å². The van der Waals surface area contributed by atoms with Gasteiger partial charge in [0.15, 0.2) is 17.2 Å². The lowest BCUT2D eigenvalue weighted by Crippen LogP contribution is -2.54. The highest BCUT2D eigenvalue weighted by Gasteiger charge is 2.34. The van der Waals surface area contributed by atoms with E-state index in [4.69, 9.17) is 9.26 Å². The number of hydrogen-bond acceptors (Lipinski definition) is 8. The molecule has 0 fully saturated rings. The number of aromatic nitrogens is 2. The maximum absolute atomic E-state index is 14.0. The van der Waals surface area contributed by atoms with Gasteiger partial charge >= 0.3 is 0 Å². The Hall–Kier alpha value is -4.06. The minimum absolute atomic E-state index is 0.0350. The largest absolute Gasteiger partial charge is 0.502 e. The number of ether oxygens (including phenoxy) is 1. The molecule has 1 aliphatic rings. The van der Waals surface area contributed by atoms with Crippen molar-refractivity contribution in [2.75, 3.05) is 24.8 Å². The van der Waals surface area contributed by atoms with Crippen LogP contribution in [0.1, 0.15) is 64.6 Å². The number of benzene rings is 1. The molecule has 0 saturated carbocycles. The monoisotopic (exact) mass is 544 g/mol. The van der Waals surface area contributed by atoms with E-state index in [2.05, 4.69) is 5.16 Å². The van der Waals surface area contributed by atoms with Gasteiger partial charge in [-0.05, 0) is 45.2 Å². The first-order valence-corrected chi connectivity index (χ1v) is 12.6. The van der Waals surface area contributed by atoms with E-state index >= 15 is 0 Å². The molecule has 39 heavy (non-hydrogen) atoms. The highest BCUT2D eigenvalue weighted by molar-refractivity contribution is 6.00. The van der Waals surface area contributed by atoms with Crippen LogP contribution in [0.15, 0.2) is 39.8 Å². The Morgan fingerprint density at radius 1 is 1.23 bits per heavy atom. The molecule has 12 heteroatoms. The van der Waals surface area contributed by atoms with Crippen LogP contribution in [0.4, 0.5) is 8.78 Å². The summed E-state index contributed by atoms with van der Waals surface area (Å²) >= 11 is 0. The summed E-state index contributed by atoms with van der Waals surface area (Å²) in [6, 6.07) is 4.74. The number of Topliss-reactive ketones (excluding diaryl/α,β-unsaturated/α-hetero) is 1. The first-order chi connectivity index (χ1) is 18.5. The SMILES string of the molecule is Cc1cc(CN2CN(CCCOC(C)C)C(=O)c3c(O)c(=O)c(C(=O)CCc4ccc(F)cc4F)cn32)no1. The highest BCUT2D eigenvalue weighted by Crippen LogP contribution is 2.24. The zero-order valence-electron chi connectivity index (χ0n) is 21.9. The zero-order valence-corrected chi connectivity index (χ0v) is 21.9. The van der Waals surface area contributed by atoms with Gasteiger partial charge in [0, 0.05) is 37.9 Å². The standard InChI is InChI=1S/C27H30F2N4O6/c1-16(2)38-10-4-9-31-15-32(13-20-11-17(3)39-30-20)33-14-21(25(35)26(36)24(33)27(31)37)23(34)8-6-18-5-7-19(28)12-22(18)29/h5,7,11-12,14,16,36H,4,6,8-10,13,15H2,1-3H3. The molecule has 1 amide bonds. The number of pyridine rings is 1. The average Bonchev–Trinajstić information content (AvgIpc) is 3.29. The van der Waals surface area contributed by atoms with Crippen molar-refractivity contribution in [3.05, 3.63) is 80.6 Å². The lowest BCUT2D eigenvalue weighted by Gasteiger charge is -2.39. The molecule has 1 aromatic carbocycles. The fourth-order valence-corrected chi connectivity index (χ4v) is 4.35. The maximum atomic E-state index is 14.0. The molecule has 3 aromatic rings. The molecule has 2 aromatic heterocycles. The molecule has 208 valence electrons. The van der Waals surface area contributed by atoms with Crippen LogP contribution in [0.25, 0.3) is 0 Å². The van der Waals surface area contributed by atoms with Crippen molar-refractivity contribution in [1.82, 2.24) is 14.7 Å². The van der Waals surface area contributed by atoms with Crippen LogP contribution in [-0.2, 0) is 17.7 Å². The number of aryl methyl sites for hydroxylation is 2. The third-order valence-corrected chi connectivity index (χ3v) is 6.27. The number of nitrogens with zero attached hydrogens (tertiary/aromatic N) is 4. The van der Waals surface area contributed by atoms with Crippen LogP contribution >= 0.6 is 0 Å². The predicted molar refractivity (Wildman–Crippen MR) is 136 cm³/mol. The van der Waals surface area contributed by atoms with E-state index in [1.54, 1.807) is 18.0 Å². The lowest BCUT2D eigenvalue weighted by molar-refractivity contribution is 0.0566. The van der Waals surface area contributed by atoms with Crippen molar-refractivity contribution in [1.29, 1.82) is 0 Å². The lowest BCUT2D eigenvalue weighted by atomic mass is 10.0. The number of amides is 1. The number of fused-ring (bicyclic) bond motifs is 1. The Morgan fingerprint density at radius 3 is 2.67 bits per heavy atom. The summed E-state index contributed by atoms with van der Waals surface area (Å²) in [6.07, 6.45) is 1.43. The summed E-state index contributed by atoms with van der Waals surface area (Å²) in [7, 11) is 0. The van der Waals surface area contributed by atoms with Crippen molar-refractivity contribution >= 4 is 11.7 Å². The Morgan fingerprint density at radius 2 is 2.00 bits per heavy atom. The normalized spacial score (nSPS) is 13.3. The summed E-state index contributed by atoms with van der Waals surface area (Å²) in [5, 5.41) is 16.5. The van der Waals surface area contributed by atoms with Gasteiger partial charge in [-0.3, -0.25) is 24.1 Å². The van der Waals surface area contributed by atoms with Gasteiger partial charge in [0.05, 0.1) is 18.2 Å². The third-order valence-electron chi connectivity index (χ3n) is 6.27. The molecular weight excluding hydrogens is 514 g/mol. The number of hydrogen-bond donors (Lipinski definition) is 1. The molecule has 0 bridgehead atoms. The number of ketones is 1. The molecule has 1 N–H and O–H groups in total. The van der Waals surface area contributed by atoms with E-state index in [1.165, 1.54) is 21.8 Å². The van der Waals surface area contributed by atoms with Gasteiger partial charge in [0.25, 0.3) is 5.91 Å². The van der Waals surface area contributed by atoms with Crippen LogP contribution in [0.3, 0.4) is 0 Å². The van der Waals surface area contributed by atoms with Gasteiger partial charge in [-0.25, -0.2) is 8.78 Å². The molecule has 0 spiro atoms. The summed E-state index contributed by atoms with van der Waals surface area (Å²) in [6.45, 7) is 6.49. The van der Waals surface area contributed by atoms with Crippen molar-refractivity contribution in [3.63, 3.8) is 0 Å². The van der Waals surface area contributed by atoms with Crippen LogP contribution in [0.2, 0.25) is 0 Å². The molecule has 4 rings (SSSR count). The van der Waals surface area contributed by atoms with Crippen LogP contribution < -0.4 is 10.4 Å². The summed E-state index contributed by atoms with van der Waals surface area (Å²) in [4.78, 5) is 40.8. The minimum atomic E-state index is -0.999. The first-order valence-electron chi connectivity index (χ1n) is 12.6. The highest BCUT2D eigenvalue weighted by atomic mass is 19.1. The van der Waals surface area contributed by atoms with Crippen molar-refractivity contribution < 1.29 is 32.7 Å². The van der Waals surface area contributed by atoms with E-state index in [0.29, 0.717) is 31.0 Å². The maximum Gasteiger partial charge on any atom is 0.277 e. The summed E-state index contributed by atoms with van der Waals surface area (Å²) < 4.78 is 39.2. The predicted octanol–water partition coefficient (Wildman–Crippen LogP) is 3.31. The van der Waals surface area contributed by atoms with E-state index < -0.39 is 34.5 Å². The van der Waals surface area contributed by atoms with Crippen molar-refractivity contribution in [3.8, 4) is 5.75 Å². The number of rotatable bonds is 11. The van der Waals surface area contributed by atoms with E-state index in [1.807, 2.05) is 13.8 Å². The molecule has 0 radical (unpaired) electrons. The summed E-state index contributed by atoms with van der Waals surface area (Å²) in [5.74, 6) is -3.06. The van der Waals surface area contributed by atoms with Gasteiger partial charge in [0.2, 0.25) is 5.43 Å². The fraction of sp³-hybridized carbons (Fsp3) is 0.407. The summed E-state index contributed by atoms with van der Waals surface area (Å²) in [5.41, 5.74) is -0.985. The van der Waals surface area contributed by atoms with Gasteiger partial charge in [-0.1, -0.05) is 11.2 Å². The van der Waals surface area contributed by atoms with E-state index in [9.17, 15) is 28.3 Å². The van der Waals surface area contributed by atoms with Gasteiger partial charge in [-0.15, -0.1) is 0 Å².